The van der Waals surface area contributed by atoms with E-state index < -0.39 is 6.36 Å². The molecular formula is C9H9F3O2. The van der Waals surface area contributed by atoms with E-state index in [0.29, 0.717) is 5.56 Å². The van der Waals surface area contributed by atoms with Gasteiger partial charge in [-0.2, -0.15) is 0 Å². The van der Waals surface area contributed by atoms with E-state index in [1.165, 1.54) is 19.2 Å². The third-order valence-corrected chi connectivity index (χ3v) is 1.54. The third-order valence-electron chi connectivity index (χ3n) is 1.54. The number of methoxy groups -OCH3 is 1. The molecule has 0 N–H and O–H groups in total. The van der Waals surface area contributed by atoms with E-state index in [2.05, 4.69) is 4.74 Å². The average Bonchev–Trinajstić information content (AvgIpc) is 2.01. The van der Waals surface area contributed by atoms with Gasteiger partial charge in [0.2, 0.25) is 0 Å². The molecule has 0 bridgehead atoms. The topological polar surface area (TPSA) is 18.5 Å². The van der Waals surface area contributed by atoms with E-state index in [4.69, 9.17) is 4.74 Å². The Bertz CT molecular complexity index is 320. The molecule has 0 radical (unpaired) electrons. The van der Waals surface area contributed by atoms with Crippen LogP contribution in [-0.4, -0.2) is 13.5 Å². The lowest BCUT2D eigenvalue weighted by molar-refractivity contribution is -0.275. The molecule has 0 saturated heterocycles. The molecule has 0 heterocycles. The molecule has 1 rings (SSSR count). The lowest BCUT2D eigenvalue weighted by Crippen LogP contribution is -2.17. The van der Waals surface area contributed by atoms with Gasteiger partial charge in [-0.05, 0) is 24.6 Å². The van der Waals surface area contributed by atoms with Crippen molar-refractivity contribution in [3.05, 3.63) is 23.8 Å². The Hall–Kier alpha value is -1.39. The van der Waals surface area contributed by atoms with Crippen molar-refractivity contribution in [1.82, 2.24) is 0 Å². The van der Waals surface area contributed by atoms with Crippen molar-refractivity contribution in [3.8, 4) is 11.5 Å². The van der Waals surface area contributed by atoms with Gasteiger partial charge in [-0.15, -0.1) is 13.2 Å². The van der Waals surface area contributed by atoms with Gasteiger partial charge in [0.1, 0.15) is 0 Å². The third kappa shape index (κ3) is 2.83. The molecule has 0 aliphatic heterocycles. The van der Waals surface area contributed by atoms with Gasteiger partial charge in [0.25, 0.3) is 0 Å². The largest absolute Gasteiger partial charge is 0.573 e. The van der Waals surface area contributed by atoms with Crippen molar-refractivity contribution in [2.75, 3.05) is 7.11 Å². The summed E-state index contributed by atoms with van der Waals surface area (Å²) in [5.41, 5.74) is 0.671. The minimum absolute atomic E-state index is 0.0629. The number of benzene rings is 1. The van der Waals surface area contributed by atoms with Crippen LogP contribution >= 0.6 is 0 Å². The van der Waals surface area contributed by atoms with Crippen LogP contribution in [0, 0.1) is 6.92 Å². The van der Waals surface area contributed by atoms with Crippen LogP contribution in [0.2, 0.25) is 0 Å². The van der Waals surface area contributed by atoms with Gasteiger partial charge >= 0.3 is 6.36 Å². The maximum Gasteiger partial charge on any atom is 0.573 e. The molecule has 0 spiro atoms. The van der Waals surface area contributed by atoms with Gasteiger partial charge in [-0.1, -0.05) is 6.07 Å². The zero-order valence-corrected chi connectivity index (χ0v) is 7.68. The second kappa shape index (κ2) is 3.77. The van der Waals surface area contributed by atoms with Crippen LogP contribution in [0.3, 0.4) is 0 Å². The van der Waals surface area contributed by atoms with E-state index >= 15 is 0 Å². The first-order valence-corrected chi connectivity index (χ1v) is 3.83. The monoisotopic (exact) mass is 206 g/mol. The highest BCUT2D eigenvalue weighted by Gasteiger charge is 2.32. The van der Waals surface area contributed by atoms with E-state index in [1.54, 1.807) is 13.0 Å². The molecule has 0 aromatic heterocycles. The highest BCUT2D eigenvalue weighted by atomic mass is 19.4. The van der Waals surface area contributed by atoms with Gasteiger partial charge in [0.15, 0.2) is 11.5 Å². The van der Waals surface area contributed by atoms with Gasteiger partial charge < -0.3 is 9.47 Å². The van der Waals surface area contributed by atoms with Crippen molar-refractivity contribution in [2.24, 2.45) is 0 Å². The van der Waals surface area contributed by atoms with Crippen LogP contribution in [0.1, 0.15) is 5.56 Å². The summed E-state index contributed by atoms with van der Waals surface area (Å²) in [5.74, 6) is -0.257. The Morgan fingerprint density at radius 2 is 1.79 bits per heavy atom. The van der Waals surface area contributed by atoms with Crippen LogP contribution in [0.15, 0.2) is 18.2 Å². The van der Waals surface area contributed by atoms with Crippen molar-refractivity contribution >= 4 is 0 Å². The molecule has 0 atom stereocenters. The fourth-order valence-corrected chi connectivity index (χ4v) is 0.988. The first-order chi connectivity index (χ1) is 6.42. The Morgan fingerprint density at radius 1 is 1.14 bits per heavy atom. The Labute approximate surface area is 79.2 Å². The lowest BCUT2D eigenvalue weighted by atomic mass is 10.2. The number of alkyl halides is 3. The fraction of sp³-hybridized carbons (Fsp3) is 0.333. The van der Waals surface area contributed by atoms with Crippen molar-refractivity contribution < 1.29 is 22.6 Å². The van der Waals surface area contributed by atoms with Crippen molar-refractivity contribution in [2.45, 2.75) is 13.3 Å². The summed E-state index contributed by atoms with van der Waals surface area (Å²) in [6.45, 7) is 1.67. The minimum atomic E-state index is -4.69. The number of hydrogen-bond acceptors (Lipinski definition) is 2. The summed E-state index contributed by atoms with van der Waals surface area (Å²) in [6.07, 6.45) is -4.69. The van der Waals surface area contributed by atoms with Crippen LogP contribution in [0.5, 0.6) is 11.5 Å². The summed E-state index contributed by atoms with van der Waals surface area (Å²) in [7, 11) is 1.29. The molecule has 0 unspecified atom stereocenters. The quantitative estimate of drug-likeness (QED) is 0.740. The number of ether oxygens (including phenoxy) is 2. The van der Waals surface area contributed by atoms with E-state index in [-0.39, 0.29) is 11.5 Å². The van der Waals surface area contributed by atoms with Gasteiger partial charge in [0, 0.05) is 0 Å². The van der Waals surface area contributed by atoms with Crippen molar-refractivity contribution in [3.63, 3.8) is 0 Å². The molecule has 0 aliphatic carbocycles. The van der Waals surface area contributed by atoms with Crippen LogP contribution in [-0.2, 0) is 0 Å². The molecule has 1 aromatic carbocycles. The number of halogens is 3. The zero-order chi connectivity index (χ0) is 10.8. The number of rotatable bonds is 2. The minimum Gasteiger partial charge on any atom is -0.493 e. The highest BCUT2D eigenvalue weighted by Crippen LogP contribution is 2.32. The summed E-state index contributed by atoms with van der Waals surface area (Å²) < 4.78 is 44.2. The molecule has 0 saturated carbocycles. The van der Waals surface area contributed by atoms with Crippen LogP contribution in [0.4, 0.5) is 13.2 Å². The maximum atomic E-state index is 11.9. The van der Waals surface area contributed by atoms with Crippen molar-refractivity contribution in [1.29, 1.82) is 0 Å². The molecule has 2 nitrogen and oxygen atoms in total. The molecule has 78 valence electrons. The van der Waals surface area contributed by atoms with Crippen LogP contribution in [0.25, 0.3) is 0 Å². The Balaban J connectivity index is 2.99. The van der Waals surface area contributed by atoms with E-state index in [9.17, 15) is 13.2 Å². The molecule has 0 fully saturated rings. The summed E-state index contributed by atoms with van der Waals surface area (Å²) >= 11 is 0. The SMILES string of the molecule is COc1ccc(C)cc1OC(F)(F)F. The second-order valence-corrected chi connectivity index (χ2v) is 2.70. The highest BCUT2D eigenvalue weighted by molar-refractivity contribution is 5.42. The summed E-state index contributed by atoms with van der Waals surface area (Å²) in [6, 6.07) is 4.34. The first kappa shape index (κ1) is 10.7. The molecule has 0 amide bonds. The molecule has 5 heteroatoms. The van der Waals surface area contributed by atoms with Crippen LogP contribution < -0.4 is 9.47 Å². The Morgan fingerprint density at radius 3 is 2.29 bits per heavy atom. The molecule has 1 aromatic rings. The fourth-order valence-electron chi connectivity index (χ4n) is 0.988. The summed E-state index contributed by atoms with van der Waals surface area (Å²) in [4.78, 5) is 0. The first-order valence-electron chi connectivity index (χ1n) is 3.83. The van der Waals surface area contributed by atoms with E-state index in [1.807, 2.05) is 0 Å². The predicted molar refractivity (Wildman–Crippen MR) is 44.4 cm³/mol. The van der Waals surface area contributed by atoms with Gasteiger partial charge in [-0.25, -0.2) is 0 Å². The average molecular weight is 206 g/mol. The second-order valence-electron chi connectivity index (χ2n) is 2.70. The van der Waals surface area contributed by atoms with E-state index in [0.717, 1.165) is 0 Å². The predicted octanol–water partition coefficient (Wildman–Crippen LogP) is 2.90. The molecule has 0 aliphatic rings. The summed E-state index contributed by atoms with van der Waals surface area (Å²) in [5, 5.41) is 0. The number of aryl methyl sites for hydroxylation is 1. The number of hydrogen-bond donors (Lipinski definition) is 0. The smallest absolute Gasteiger partial charge is 0.493 e. The maximum absolute atomic E-state index is 11.9. The zero-order valence-electron chi connectivity index (χ0n) is 7.68. The van der Waals surface area contributed by atoms with Gasteiger partial charge in [0.05, 0.1) is 7.11 Å². The van der Waals surface area contributed by atoms with Gasteiger partial charge in [-0.3, -0.25) is 0 Å². The lowest BCUT2D eigenvalue weighted by Gasteiger charge is -2.12. The molecular weight excluding hydrogens is 197 g/mol. The normalized spacial score (nSPS) is 11.2. The Kier molecular flexibility index (Phi) is 2.88. The molecule has 14 heavy (non-hydrogen) atoms. The standard InChI is InChI=1S/C9H9F3O2/c1-6-3-4-7(13-2)8(5-6)14-9(10,11)12/h3-5H,1-2H3.